The van der Waals surface area contributed by atoms with Crippen molar-refractivity contribution in [2.45, 2.75) is 18.9 Å². The van der Waals surface area contributed by atoms with Crippen molar-refractivity contribution in [1.82, 2.24) is 25.1 Å². The SMILES string of the molecule is CNc1nc(N2CCCC(N(C)C)C2)c2cn[nH]c2n1. The molecule has 0 radical (unpaired) electrons. The molecule has 20 heavy (non-hydrogen) atoms. The molecule has 1 fully saturated rings. The summed E-state index contributed by atoms with van der Waals surface area (Å²) in [5.41, 5.74) is 0.784. The van der Waals surface area contributed by atoms with Crippen molar-refractivity contribution in [1.29, 1.82) is 0 Å². The van der Waals surface area contributed by atoms with Gasteiger partial charge in [-0.25, -0.2) is 0 Å². The largest absolute Gasteiger partial charge is 0.357 e. The molecule has 0 bridgehead atoms. The zero-order chi connectivity index (χ0) is 14.1. The van der Waals surface area contributed by atoms with Crippen LogP contribution in [0, 0.1) is 0 Å². The number of aromatic nitrogens is 4. The number of likely N-dealkylation sites (N-methyl/N-ethyl adjacent to an activating group) is 1. The zero-order valence-corrected chi connectivity index (χ0v) is 12.2. The Morgan fingerprint density at radius 2 is 2.25 bits per heavy atom. The van der Waals surface area contributed by atoms with Crippen molar-refractivity contribution in [2.75, 3.05) is 44.4 Å². The van der Waals surface area contributed by atoms with E-state index in [0.29, 0.717) is 12.0 Å². The van der Waals surface area contributed by atoms with Crippen LogP contribution in [0.5, 0.6) is 0 Å². The lowest BCUT2D eigenvalue weighted by Gasteiger charge is -2.37. The molecule has 1 aliphatic heterocycles. The zero-order valence-electron chi connectivity index (χ0n) is 12.2. The number of anilines is 2. The number of hydrogen-bond donors (Lipinski definition) is 2. The Morgan fingerprint density at radius 1 is 1.40 bits per heavy atom. The van der Waals surface area contributed by atoms with E-state index in [1.165, 1.54) is 12.8 Å². The summed E-state index contributed by atoms with van der Waals surface area (Å²) in [6.07, 6.45) is 4.23. The predicted molar refractivity (Wildman–Crippen MR) is 80.2 cm³/mol. The standard InChI is InChI=1S/C13H21N7/c1-14-13-16-11-10(7-15-18-11)12(17-13)20-6-4-5-9(8-20)19(2)3/h7,9H,4-6,8H2,1-3H3,(H2,14,15,16,17,18). The highest BCUT2D eigenvalue weighted by atomic mass is 15.3. The Labute approximate surface area is 118 Å². The average Bonchev–Trinajstić information content (AvgIpc) is 2.94. The molecule has 1 aliphatic rings. The smallest absolute Gasteiger partial charge is 0.226 e. The number of hydrogen-bond acceptors (Lipinski definition) is 6. The summed E-state index contributed by atoms with van der Waals surface area (Å²) in [4.78, 5) is 13.7. The van der Waals surface area contributed by atoms with Crippen LogP contribution < -0.4 is 10.2 Å². The highest BCUT2D eigenvalue weighted by molar-refractivity contribution is 5.87. The van der Waals surface area contributed by atoms with E-state index in [9.17, 15) is 0 Å². The molecule has 1 atom stereocenters. The van der Waals surface area contributed by atoms with Crippen LogP contribution >= 0.6 is 0 Å². The van der Waals surface area contributed by atoms with Crippen molar-refractivity contribution < 1.29 is 0 Å². The second-order valence-electron chi connectivity index (χ2n) is 5.46. The van der Waals surface area contributed by atoms with Crippen LogP contribution in [0.25, 0.3) is 11.0 Å². The molecule has 0 aromatic carbocycles. The summed E-state index contributed by atoms with van der Waals surface area (Å²) in [6.45, 7) is 2.03. The number of nitrogens with one attached hydrogen (secondary N) is 2. The van der Waals surface area contributed by atoms with E-state index in [0.717, 1.165) is 29.9 Å². The first kappa shape index (κ1) is 13.1. The lowest BCUT2D eigenvalue weighted by atomic mass is 10.0. The molecule has 3 heterocycles. The summed E-state index contributed by atoms with van der Waals surface area (Å²) >= 11 is 0. The maximum absolute atomic E-state index is 4.63. The molecular formula is C13H21N7. The third kappa shape index (κ3) is 2.29. The van der Waals surface area contributed by atoms with E-state index >= 15 is 0 Å². The van der Waals surface area contributed by atoms with Crippen LogP contribution in [0.1, 0.15) is 12.8 Å². The third-order valence-corrected chi connectivity index (χ3v) is 3.94. The predicted octanol–water partition coefficient (Wildman–Crippen LogP) is 0.925. The van der Waals surface area contributed by atoms with Crippen LogP contribution in [0.4, 0.5) is 11.8 Å². The molecule has 0 spiro atoms. The fourth-order valence-corrected chi connectivity index (χ4v) is 2.74. The van der Waals surface area contributed by atoms with Crippen LogP contribution in [0.15, 0.2) is 6.20 Å². The summed E-state index contributed by atoms with van der Waals surface area (Å²) < 4.78 is 0. The lowest BCUT2D eigenvalue weighted by molar-refractivity contribution is 0.257. The van der Waals surface area contributed by atoms with Gasteiger partial charge in [0.25, 0.3) is 0 Å². The number of nitrogens with zero attached hydrogens (tertiary/aromatic N) is 5. The number of fused-ring (bicyclic) bond motifs is 1. The fraction of sp³-hybridized carbons (Fsp3) is 0.615. The van der Waals surface area contributed by atoms with Gasteiger partial charge in [0.15, 0.2) is 5.65 Å². The molecule has 2 aromatic heterocycles. The van der Waals surface area contributed by atoms with Crippen LogP contribution in [-0.4, -0.2) is 65.3 Å². The molecule has 2 N–H and O–H groups in total. The van der Waals surface area contributed by atoms with Crippen LogP contribution in [0.2, 0.25) is 0 Å². The van der Waals surface area contributed by atoms with Gasteiger partial charge < -0.3 is 15.1 Å². The Morgan fingerprint density at radius 3 is 3.00 bits per heavy atom. The topological polar surface area (TPSA) is 73.0 Å². The number of rotatable bonds is 3. The van der Waals surface area contributed by atoms with Gasteiger partial charge in [-0.05, 0) is 26.9 Å². The van der Waals surface area contributed by atoms with Gasteiger partial charge in [0.2, 0.25) is 5.95 Å². The van der Waals surface area contributed by atoms with E-state index in [1.807, 2.05) is 13.2 Å². The Balaban J connectivity index is 1.98. The van der Waals surface area contributed by atoms with E-state index < -0.39 is 0 Å². The lowest BCUT2D eigenvalue weighted by Crippen LogP contribution is -2.45. The summed E-state index contributed by atoms with van der Waals surface area (Å²) in [5.74, 6) is 1.60. The van der Waals surface area contributed by atoms with Gasteiger partial charge in [0.05, 0.1) is 11.6 Å². The average molecular weight is 275 g/mol. The van der Waals surface area contributed by atoms with E-state index in [-0.39, 0.29) is 0 Å². The molecule has 108 valence electrons. The van der Waals surface area contributed by atoms with E-state index in [4.69, 9.17) is 0 Å². The Kier molecular flexibility index (Phi) is 3.43. The molecule has 2 aromatic rings. The highest BCUT2D eigenvalue weighted by Crippen LogP contribution is 2.27. The summed E-state index contributed by atoms with van der Waals surface area (Å²) in [5, 5.41) is 11.0. The quantitative estimate of drug-likeness (QED) is 0.868. The highest BCUT2D eigenvalue weighted by Gasteiger charge is 2.24. The minimum absolute atomic E-state index is 0.568. The van der Waals surface area contributed by atoms with Gasteiger partial charge in [-0.1, -0.05) is 0 Å². The summed E-state index contributed by atoms with van der Waals surface area (Å²) in [6, 6.07) is 0.568. The van der Waals surface area contributed by atoms with E-state index in [1.54, 1.807) is 0 Å². The fourth-order valence-electron chi connectivity index (χ4n) is 2.74. The number of H-pyrrole nitrogens is 1. The normalized spacial score (nSPS) is 19.8. The molecule has 1 unspecified atom stereocenters. The molecule has 1 saturated heterocycles. The van der Waals surface area contributed by atoms with Crippen molar-refractivity contribution in [3.05, 3.63) is 6.20 Å². The third-order valence-electron chi connectivity index (χ3n) is 3.94. The Hall–Kier alpha value is -1.89. The second-order valence-corrected chi connectivity index (χ2v) is 5.46. The van der Waals surface area contributed by atoms with Crippen molar-refractivity contribution in [3.63, 3.8) is 0 Å². The Bertz CT molecular complexity index is 591. The van der Waals surface area contributed by atoms with Crippen molar-refractivity contribution in [3.8, 4) is 0 Å². The van der Waals surface area contributed by atoms with Crippen molar-refractivity contribution in [2.24, 2.45) is 0 Å². The molecule has 7 nitrogen and oxygen atoms in total. The van der Waals surface area contributed by atoms with Gasteiger partial charge in [-0.2, -0.15) is 15.1 Å². The van der Waals surface area contributed by atoms with Gasteiger partial charge >= 0.3 is 0 Å². The summed E-state index contributed by atoms with van der Waals surface area (Å²) in [7, 11) is 6.11. The van der Waals surface area contributed by atoms with Gasteiger partial charge in [0.1, 0.15) is 5.82 Å². The van der Waals surface area contributed by atoms with Gasteiger partial charge in [0, 0.05) is 26.2 Å². The molecule has 3 rings (SSSR count). The molecule has 0 aliphatic carbocycles. The number of aromatic amines is 1. The van der Waals surface area contributed by atoms with Gasteiger partial charge in [-0.15, -0.1) is 0 Å². The van der Waals surface area contributed by atoms with Gasteiger partial charge in [-0.3, -0.25) is 5.10 Å². The molecule has 0 saturated carbocycles. The van der Waals surface area contributed by atoms with E-state index in [2.05, 4.69) is 49.4 Å². The van der Waals surface area contributed by atoms with Crippen LogP contribution in [0.3, 0.4) is 0 Å². The first-order valence-electron chi connectivity index (χ1n) is 6.99. The first-order valence-corrected chi connectivity index (χ1v) is 6.99. The maximum atomic E-state index is 4.63. The molecule has 7 heteroatoms. The second kappa shape index (κ2) is 5.24. The minimum atomic E-state index is 0.568. The molecule has 0 amide bonds. The van der Waals surface area contributed by atoms with Crippen molar-refractivity contribution >= 4 is 22.8 Å². The first-order chi connectivity index (χ1) is 9.69. The monoisotopic (exact) mass is 275 g/mol. The number of piperidine rings is 1. The molecular weight excluding hydrogens is 254 g/mol. The maximum Gasteiger partial charge on any atom is 0.226 e. The van der Waals surface area contributed by atoms with Crippen LogP contribution in [-0.2, 0) is 0 Å². The minimum Gasteiger partial charge on any atom is -0.357 e.